The molecule has 1 N–H and O–H groups in total. The lowest BCUT2D eigenvalue weighted by molar-refractivity contribution is 0.101. The predicted octanol–water partition coefficient (Wildman–Crippen LogP) is 5.31. The molecule has 0 atom stereocenters. The van der Waals surface area contributed by atoms with E-state index in [1.165, 1.54) is 0 Å². The Balaban J connectivity index is 2.03. The van der Waals surface area contributed by atoms with Gasteiger partial charge in [-0.15, -0.1) is 0 Å². The molecule has 0 saturated carbocycles. The van der Waals surface area contributed by atoms with Crippen LogP contribution >= 0.6 is 0 Å². The van der Waals surface area contributed by atoms with Gasteiger partial charge in [-0.1, -0.05) is 43.7 Å². The SMILES string of the molecule is CCCCn1c(C(=O)Nc2cccc(C)c2)c(C)c2ccccc21. The molecule has 0 bridgehead atoms. The molecule has 3 heteroatoms. The van der Waals surface area contributed by atoms with Crippen LogP contribution in [0.2, 0.25) is 0 Å². The summed E-state index contributed by atoms with van der Waals surface area (Å²) in [6, 6.07) is 16.2. The molecule has 0 spiro atoms. The van der Waals surface area contributed by atoms with Gasteiger partial charge in [0.05, 0.1) is 0 Å². The third-order valence-corrected chi connectivity index (χ3v) is 4.45. The minimum atomic E-state index is -0.0367. The lowest BCUT2D eigenvalue weighted by Gasteiger charge is -2.12. The van der Waals surface area contributed by atoms with Crippen LogP contribution in [0.15, 0.2) is 48.5 Å². The zero-order valence-corrected chi connectivity index (χ0v) is 14.6. The van der Waals surface area contributed by atoms with E-state index in [2.05, 4.69) is 28.9 Å². The summed E-state index contributed by atoms with van der Waals surface area (Å²) in [6.45, 7) is 7.10. The third-order valence-electron chi connectivity index (χ3n) is 4.45. The Bertz CT molecular complexity index is 877. The topological polar surface area (TPSA) is 34.0 Å². The van der Waals surface area contributed by atoms with Crippen molar-refractivity contribution in [3.63, 3.8) is 0 Å². The first-order chi connectivity index (χ1) is 11.6. The molecule has 0 unspecified atom stereocenters. The van der Waals surface area contributed by atoms with Gasteiger partial charge in [-0.2, -0.15) is 0 Å². The Labute approximate surface area is 143 Å². The van der Waals surface area contributed by atoms with Gasteiger partial charge >= 0.3 is 0 Å². The number of aromatic nitrogens is 1. The third kappa shape index (κ3) is 3.07. The van der Waals surface area contributed by atoms with Crippen LogP contribution in [0.1, 0.15) is 41.4 Å². The van der Waals surface area contributed by atoms with Crippen molar-refractivity contribution < 1.29 is 4.79 Å². The van der Waals surface area contributed by atoms with Crippen LogP contribution in [-0.2, 0) is 6.54 Å². The molecule has 0 saturated heterocycles. The van der Waals surface area contributed by atoms with Gasteiger partial charge in [-0.3, -0.25) is 4.79 Å². The van der Waals surface area contributed by atoms with Crippen molar-refractivity contribution in [1.82, 2.24) is 4.57 Å². The van der Waals surface area contributed by atoms with Gasteiger partial charge in [-0.05, 0) is 49.6 Å². The van der Waals surface area contributed by atoms with Gasteiger partial charge in [0.15, 0.2) is 0 Å². The fraction of sp³-hybridized carbons (Fsp3) is 0.286. The highest BCUT2D eigenvalue weighted by atomic mass is 16.2. The van der Waals surface area contributed by atoms with Crippen LogP contribution in [0.4, 0.5) is 5.69 Å². The number of hydrogen-bond donors (Lipinski definition) is 1. The van der Waals surface area contributed by atoms with Crippen molar-refractivity contribution in [1.29, 1.82) is 0 Å². The molecule has 3 aromatic rings. The highest BCUT2D eigenvalue weighted by Gasteiger charge is 2.19. The average molecular weight is 320 g/mol. The molecule has 24 heavy (non-hydrogen) atoms. The first kappa shape index (κ1) is 16.3. The average Bonchev–Trinajstić information content (AvgIpc) is 2.85. The number of fused-ring (bicyclic) bond motifs is 1. The maximum absolute atomic E-state index is 13.0. The van der Waals surface area contributed by atoms with Gasteiger partial charge < -0.3 is 9.88 Å². The molecular weight excluding hydrogens is 296 g/mol. The van der Waals surface area contributed by atoms with Crippen molar-refractivity contribution in [2.75, 3.05) is 5.32 Å². The van der Waals surface area contributed by atoms with Crippen molar-refractivity contribution in [2.24, 2.45) is 0 Å². The highest BCUT2D eigenvalue weighted by Crippen LogP contribution is 2.27. The number of nitrogens with one attached hydrogen (secondary N) is 1. The minimum absolute atomic E-state index is 0.0367. The molecule has 0 aliphatic rings. The van der Waals surface area contributed by atoms with Crippen LogP contribution in [0.3, 0.4) is 0 Å². The molecule has 1 amide bonds. The van der Waals surface area contributed by atoms with E-state index in [4.69, 9.17) is 0 Å². The summed E-state index contributed by atoms with van der Waals surface area (Å²) >= 11 is 0. The molecule has 0 radical (unpaired) electrons. The number of unbranched alkanes of at least 4 members (excludes halogenated alkanes) is 1. The van der Waals surface area contributed by atoms with Crippen LogP contribution in [-0.4, -0.2) is 10.5 Å². The molecule has 3 nitrogen and oxygen atoms in total. The van der Waals surface area contributed by atoms with E-state index in [0.29, 0.717) is 0 Å². The van der Waals surface area contributed by atoms with E-state index in [1.807, 2.05) is 50.2 Å². The number of nitrogens with zero attached hydrogens (tertiary/aromatic N) is 1. The minimum Gasteiger partial charge on any atom is -0.336 e. The number of hydrogen-bond acceptors (Lipinski definition) is 1. The van der Waals surface area contributed by atoms with Gasteiger partial charge in [0, 0.05) is 23.1 Å². The summed E-state index contributed by atoms with van der Waals surface area (Å²) in [5, 5.41) is 4.21. The molecule has 0 aliphatic carbocycles. The van der Waals surface area contributed by atoms with Gasteiger partial charge in [0.25, 0.3) is 5.91 Å². The highest BCUT2D eigenvalue weighted by molar-refractivity contribution is 6.08. The molecule has 2 aromatic carbocycles. The normalized spacial score (nSPS) is 11.0. The number of carbonyl (C=O) groups excluding carboxylic acids is 1. The maximum atomic E-state index is 13.0. The van der Waals surface area contributed by atoms with E-state index in [-0.39, 0.29) is 5.91 Å². The van der Waals surface area contributed by atoms with Gasteiger partial charge in [0.2, 0.25) is 0 Å². The van der Waals surface area contributed by atoms with E-state index in [0.717, 1.165) is 52.8 Å². The Hall–Kier alpha value is -2.55. The maximum Gasteiger partial charge on any atom is 0.272 e. The summed E-state index contributed by atoms with van der Waals surface area (Å²) < 4.78 is 2.17. The van der Waals surface area contributed by atoms with Gasteiger partial charge in [0.1, 0.15) is 5.69 Å². The van der Waals surface area contributed by atoms with Crippen LogP contribution in [0.25, 0.3) is 10.9 Å². The second kappa shape index (κ2) is 6.91. The number of benzene rings is 2. The number of aryl methyl sites for hydroxylation is 3. The Morgan fingerprint density at radius 1 is 1.08 bits per heavy atom. The second-order valence-electron chi connectivity index (χ2n) is 6.32. The Morgan fingerprint density at radius 3 is 2.62 bits per heavy atom. The molecule has 0 aliphatic heterocycles. The molecule has 1 aromatic heterocycles. The summed E-state index contributed by atoms with van der Waals surface area (Å²) in [4.78, 5) is 13.0. The molecule has 0 fully saturated rings. The predicted molar refractivity (Wildman–Crippen MR) is 101 cm³/mol. The smallest absolute Gasteiger partial charge is 0.272 e. The van der Waals surface area contributed by atoms with E-state index < -0.39 is 0 Å². The quantitative estimate of drug-likeness (QED) is 0.679. The Morgan fingerprint density at radius 2 is 1.88 bits per heavy atom. The monoisotopic (exact) mass is 320 g/mol. The lowest BCUT2D eigenvalue weighted by atomic mass is 10.1. The Kier molecular flexibility index (Phi) is 4.70. The van der Waals surface area contributed by atoms with Gasteiger partial charge in [-0.25, -0.2) is 0 Å². The summed E-state index contributed by atoms with van der Waals surface area (Å²) in [6.07, 6.45) is 2.16. The first-order valence-corrected chi connectivity index (χ1v) is 8.57. The first-order valence-electron chi connectivity index (χ1n) is 8.57. The fourth-order valence-corrected chi connectivity index (χ4v) is 3.23. The van der Waals surface area contributed by atoms with E-state index in [9.17, 15) is 4.79 Å². The number of amides is 1. The van der Waals surface area contributed by atoms with Crippen LogP contribution in [0, 0.1) is 13.8 Å². The fourth-order valence-electron chi connectivity index (χ4n) is 3.23. The zero-order chi connectivity index (χ0) is 17.1. The van der Waals surface area contributed by atoms with E-state index in [1.54, 1.807) is 0 Å². The number of rotatable bonds is 5. The van der Waals surface area contributed by atoms with E-state index >= 15 is 0 Å². The molecule has 3 rings (SSSR count). The van der Waals surface area contributed by atoms with Crippen molar-refractivity contribution >= 4 is 22.5 Å². The summed E-state index contributed by atoms with van der Waals surface area (Å²) in [5.41, 5.74) is 4.93. The standard InChI is InChI=1S/C21H24N2O/c1-4-5-13-23-19-12-7-6-11-18(19)16(3)20(23)21(24)22-17-10-8-9-15(2)14-17/h6-12,14H,4-5,13H2,1-3H3,(H,22,24). The molecule has 1 heterocycles. The molecular formula is C21H24N2O. The summed E-state index contributed by atoms with van der Waals surface area (Å²) in [7, 11) is 0. The van der Waals surface area contributed by atoms with Crippen LogP contribution < -0.4 is 5.32 Å². The number of carbonyl (C=O) groups is 1. The number of para-hydroxylation sites is 1. The lowest BCUT2D eigenvalue weighted by Crippen LogP contribution is -2.18. The number of anilines is 1. The second-order valence-corrected chi connectivity index (χ2v) is 6.32. The van der Waals surface area contributed by atoms with Crippen molar-refractivity contribution in [2.45, 2.75) is 40.2 Å². The van der Waals surface area contributed by atoms with Crippen molar-refractivity contribution in [3.8, 4) is 0 Å². The molecule has 124 valence electrons. The van der Waals surface area contributed by atoms with Crippen LogP contribution in [0.5, 0.6) is 0 Å². The van der Waals surface area contributed by atoms with Crippen molar-refractivity contribution in [3.05, 3.63) is 65.4 Å². The zero-order valence-electron chi connectivity index (χ0n) is 14.6. The largest absolute Gasteiger partial charge is 0.336 e. The summed E-state index contributed by atoms with van der Waals surface area (Å²) in [5.74, 6) is -0.0367.